The Labute approximate surface area is 169 Å². The van der Waals surface area contributed by atoms with Crippen LogP contribution in [-0.2, 0) is 33.6 Å². The van der Waals surface area contributed by atoms with Crippen molar-refractivity contribution >= 4 is 28.2 Å². The molecule has 1 aromatic carbocycles. The van der Waals surface area contributed by atoms with Gasteiger partial charge in [-0.05, 0) is 56.2 Å². The maximum absolute atomic E-state index is 12.5. The molecule has 1 amide bonds. The van der Waals surface area contributed by atoms with Gasteiger partial charge in [0, 0.05) is 4.88 Å². The molecule has 146 valence electrons. The molecule has 3 rings (SSSR count). The van der Waals surface area contributed by atoms with Crippen LogP contribution in [0.5, 0.6) is 0 Å². The molecule has 0 fully saturated rings. The van der Waals surface area contributed by atoms with E-state index in [1.165, 1.54) is 22.6 Å². The maximum atomic E-state index is 12.5. The van der Waals surface area contributed by atoms with Gasteiger partial charge in [-0.2, -0.15) is 5.26 Å². The second kappa shape index (κ2) is 9.03. The van der Waals surface area contributed by atoms with Crippen molar-refractivity contribution in [3.63, 3.8) is 0 Å². The van der Waals surface area contributed by atoms with Gasteiger partial charge in [0.25, 0.3) is 5.91 Å². The Morgan fingerprint density at radius 2 is 2.00 bits per heavy atom. The lowest BCUT2D eigenvalue weighted by atomic mass is 10.1. The number of anilines is 1. The van der Waals surface area contributed by atoms with E-state index in [-0.39, 0.29) is 6.42 Å². The van der Waals surface area contributed by atoms with Crippen molar-refractivity contribution in [2.24, 2.45) is 0 Å². The predicted molar refractivity (Wildman–Crippen MR) is 109 cm³/mol. The minimum atomic E-state index is -0.926. The number of nitrogens with zero attached hydrogens (tertiary/aromatic N) is 1. The molecule has 28 heavy (non-hydrogen) atoms. The minimum Gasteiger partial charge on any atom is -0.452 e. The van der Waals surface area contributed by atoms with Crippen LogP contribution < -0.4 is 5.32 Å². The first-order chi connectivity index (χ1) is 13.5. The van der Waals surface area contributed by atoms with Gasteiger partial charge in [-0.25, -0.2) is 0 Å². The highest BCUT2D eigenvalue weighted by molar-refractivity contribution is 7.16. The third-order valence-electron chi connectivity index (χ3n) is 5.04. The Morgan fingerprint density at radius 1 is 1.25 bits per heavy atom. The standard InChI is InChI=1S/C22H24N2O3S/c1-14-8-6-7-9-16(14)12-20(25)27-15(2)21(26)24-22-18(13-23)17-10-4-3-5-11-19(17)28-22/h6-9,15H,3-5,10-12H2,1-2H3,(H,24,26)/t15-/m1/s1. The maximum Gasteiger partial charge on any atom is 0.311 e. The van der Waals surface area contributed by atoms with Crippen molar-refractivity contribution in [3.05, 3.63) is 51.4 Å². The first kappa shape index (κ1) is 20.1. The molecule has 0 spiro atoms. The molecule has 2 aromatic rings. The van der Waals surface area contributed by atoms with Crippen LogP contribution in [0.25, 0.3) is 0 Å². The van der Waals surface area contributed by atoms with Crippen LogP contribution in [0, 0.1) is 18.3 Å². The van der Waals surface area contributed by atoms with Crippen molar-refractivity contribution in [2.75, 3.05) is 5.32 Å². The molecular weight excluding hydrogens is 372 g/mol. The number of nitrogens with one attached hydrogen (secondary N) is 1. The van der Waals surface area contributed by atoms with Gasteiger partial charge in [0.05, 0.1) is 12.0 Å². The van der Waals surface area contributed by atoms with Gasteiger partial charge < -0.3 is 10.1 Å². The molecule has 6 heteroatoms. The number of carbonyl (C=O) groups is 2. The number of aryl methyl sites for hydroxylation is 2. The monoisotopic (exact) mass is 396 g/mol. The summed E-state index contributed by atoms with van der Waals surface area (Å²) in [7, 11) is 0. The summed E-state index contributed by atoms with van der Waals surface area (Å²) < 4.78 is 5.31. The van der Waals surface area contributed by atoms with Gasteiger partial charge in [-0.1, -0.05) is 30.7 Å². The van der Waals surface area contributed by atoms with Crippen molar-refractivity contribution in [1.82, 2.24) is 0 Å². The van der Waals surface area contributed by atoms with E-state index in [1.54, 1.807) is 6.92 Å². The molecule has 1 N–H and O–H groups in total. The highest BCUT2D eigenvalue weighted by Crippen LogP contribution is 2.37. The molecular formula is C22H24N2O3S. The van der Waals surface area contributed by atoms with Crippen molar-refractivity contribution < 1.29 is 14.3 Å². The highest BCUT2D eigenvalue weighted by Gasteiger charge is 2.24. The minimum absolute atomic E-state index is 0.126. The Balaban J connectivity index is 1.64. The summed E-state index contributed by atoms with van der Waals surface area (Å²) in [4.78, 5) is 25.9. The zero-order valence-corrected chi connectivity index (χ0v) is 17.0. The van der Waals surface area contributed by atoms with Crippen LogP contribution in [0.1, 0.15) is 53.3 Å². The summed E-state index contributed by atoms with van der Waals surface area (Å²) in [6, 6.07) is 9.83. The van der Waals surface area contributed by atoms with Gasteiger partial charge in [0.15, 0.2) is 6.10 Å². The molecule has 0 radical (unpaired) electrons. The van der Waals surface area contributed by atoms with Crippen molar-refractivity contribution in [3.8, 4) is 6.07 Å². The van der Waals surface area contributed by atoms with E-state index >= 15 is 0 Å². The van der Waals surface area contributed by atoms with E-state index in [1.807, 2.05) is 31.2 Å². The second-order valence-electron chi connectivity index (χ2n) is 7.10. The van der Waals surface area contributed by atoms with E-state index in [9.17, 15) is 14.9 Å². The smallest absolute Gasteiger partial charge is 0.311 e. The van der Waals surface area contributed by atoms with Gasteiger partial charge >= 0.3 is 5.97 Å². The number of hydrogen-bond acceptors (Lipinski definition) is 5. The molecule has 0 aliphatic heterocycles. The van der Waals surface area contributed by atoms with E-state index in [0.717, 1.165) is 42.4 Å². The normalized spacial score (nSPS) is 14.3. The fourth-order valence-corrected chi connectivity index (χ4v) is 4.66. The number of nitriles is 1. The van der Waals surface area contributed by atoms with Gasteiger partial charge in [-0.3, -0.25) is 9.59 Å². The number of hydrogen-bond donors (Lipinski definition) is 1. The average molecular weight is 397 g/mol. The van der Waals surface area contributed by atoms with E-state index in [4.69, 9.17) is 4.74 Å². The molecule has 5 nitrogen and oxygen atoms in total. The summed E-state index contributed by atoms with van der Waals surface area (Å²) >= 11 is 1.47. The summed E-state index contributed by atoms with van der Waals surface area (Å²) in [6.07, 6.45) is 4.38. The number of ether oxygens (including phenoxy) is 1. The SMILES string of the molecule is Cc1ccccc1CC(=O)O[C@H](C)C(=O)Nc1sc2c(c1C#N)CCCCC2. The molecule has 1 aliphatic rings. The summed E-state index contributed by atoms with van der Waals surface area (Å²) in [5, 5.41) is 12.9. The van der Waals surface area contributed by atoms with Crippen LogP contribution in [0.2, 0.25) is 0 Å². The fourth-order valence-electron chi connectivity index (χ4n) is 3.42. The zero-order chi connectivity index (χ0) is 20.1. The number of benzene rings is 1. The molecule has 1 atom stereocenters. The van der Waals surface area contributed by atoms with Crippen molar-refractivity contribution in [1.29, 1.82) is 5.26 Å². The number of thiophene rings is 1. The Morgan fingerprint density at radius 3 is 2.75 bits per heavy atom. The number of carbonyl (C=O) groups excluding carboxylic acids is 2. The average Bonchev–Trinajstić information content (AvgIpc) is 2.83. The van der Waals surface area contributed by atoms with Crippen LogP contribution in [0.3, 0.4) is 0 Å². The van der Waals surface area contributed by atoms with Gasteiger partial charge in [-0.15, -0.1) is 11.3 Å². The molecule has 0 saturated heterocycles. The van der Waals surface area contributed by atoms with E-state index in [0.29, 0.717) is 10.6 Å². The first-order valence-corrected chi connectivity index (χ1v) is 10.4. The quantitative estimate of drug-likeness (QED) is 0.603. The Hall–Kier alpha value is -2.65. The van der Waals surface area contributed by atoms with E-state index < -0.39 is 18.0 Å². The topological polar surface area (TPSA) is 79.2 Å². The summed E-state index contributed by atoms with van der Waals surface area (Å²) in [6.45, 7) is 3.48. The van der Waals surface area contributed by atoms with Crippen LogP contribution in [0.15, 0.2) is 24.3 Å². The molecule has 0 bridgehead atoms. The molecule has 0 unspecified atom stereocenters. The number of amides is 1. The third kappa shape index (κ3) is 4.60. The zero-order valence-electron chi connectivity index (χ0n) is 16.2. The van der Waals surface area contributed by atoms with E-state index in [2.05, 4.69) is 11.4 Å². The molecule has 1 aliphatic carbocycles. The molecule has 1 heterocycles. The molecule has 0 saturated carbocycles. The Kier molecular flexibility index (Phi) is 6.48. The number of fused-ring (bicyclic) bond motifs is 1. The van der Waals surface area contributed by atoms with Crippen LogP contribution in [-0.4, -0.2) is 18.0 Å². The molecule has 1 aromatic heterocycles. The Bertz CT molecular complexity index is 926. The largest absolute Gasteiger partial charge is 0.452 e. The summed E-state index contributed by atoms with van der Waals surface area (Å²) in [5.41, 5.74) is 3.53. The lowest BCUT2D eigenvalue weighted by molar-refractivity contribution is -0.152. The van der Waals surface area contributed by atoms with Gasteiger partial charge in [0.2, 0.25) is 0 Å². The fraction of sp³-hybridized carbons (Fsp3) is 0.409. The summed E-state index contributed by atoms with van der Waals surface area (Å²) in [5.74, 6) is -0.856. The first-order valence-electron chi connectivity index (χ1n) is 9.59. The lowest BCUT2D eigenvalue weighted by Gasteiger charge is -2.13. The van der Waals surface area contributed by atoms with Crippen LogP contribution >= 0.6 is 11.3 Å². The third-order valence-corrected chi connectivity index (χ3v) is 6.25. The van der Waals surface area contributed by atoms with Crippen LogP contribution in [0.4, 0.5) is 5.00 Å². The second-order valence-corrected chi connectivity index (χ2v) is 8.21. The van der Waals surface area contributed by atoms with Crippen molar-refractivity contribution in [2.45, 2.75) is 58.5 Å². The predicted octanol–water partition coefficient (Wildman–Crippen LogP) is 4.31. The lowest BCUT2D eigenvalue weighted by Crippen LogP contribution is -2.30. The van der Waals surface area contributed by atoms with Gasteiger partial charge in [0.1, 0.15) is 11.1 Å². The highest BCUT2D eigenvalue weighted by atomic mass is 32.1. The number of esters is 1. The number of rotatable bonds is 5.